The van der Waals surface area contributed by atoms with Crippen molar-refractivity contribution in [2.45, 2.75) is 0 Å². The lowest BCUT2D eigenvalue weighted by molar-refractivity contribution is -0.117. The van der Waals surface area contributed by atoms with Crippen LogP contribution in [0.2, 0.25) is 0 Å². The van der Waals surface area contributed by atoms with E-state index in [0.29, 0.717) is 32.1 Å². The van der Waals surface area contributed by atoms with Crippen LogP contribution in [0.25, 0.3) is 0 Å². The number of benzene rings is 1. The molecule has 2 heterocycles. The zero-order valence-corrected chi connectivity index (χ0v) is 13.0. The molecular weight excluding hydrogens is 316 g/mol. The summed E-state index contributed by atoms with van der Waals surface area (Å²) in [5.74, 6) is -1.07. The van der Waals surface area contributed by atoms with E-state index in [-0.39, 0.29) is 18.1 Å². The Kier molecular flexibility index (Phi) is 4.95. The standard InChI is InChI=1S/C16H17F2N5O/c17-12-8-13(18)10-14(9-12)21-15(24)11-22-4-6-23(7-5-22)16-19-2-1-3-20-16/h1-3,8-10H,4-7,11H2,(H,21,24). The van der Waals surface area contributed by atoms with E-state index < -0.39 is 11.6 Å². The number of anilines is 2. The summed E-state index contributed by atoms with van der Waals surface area (Å²) in [6.07, 6.45) is 3.39. The second-order valence-electron chi connectivity index (χ2n) is 5.52. The van der Waals surface area contributed by atoms with E-state index in [4.69, 9.17) is 0 Å². The van der Waals surface area contributed by atoms with E-state index in [2.05, 4.69) is 20.2 Å². The minimum absolute atomic E-state index is 0.119. The second-order valence-corrected chi connectivity index (χ2v) is 5.52. The summed E-state index contributed by atoms with van der Waals surface area (Å²) < 4.78 is 26.2. The van der Waals surface area contributed by atoms with E-state index in [1.807, 2.05) is 4.90 Å². The summed E-state index contributed by atoms with van der Waals surface area (Å²) >= 11 is 0. The van der Waals surface area contributed by atoms with E-state index in [1.165, 1.54) is 0 Å². The number of hydrogen-bond donors (Lipinski definition) is 1. The summed E-state index contributed by atoms with van der Waals surface area (Å²) in [4.78, 5) is 24.5. The van der Waals surface area contributed by atoms with Crippen LogP contribution in [0, 0.1) is 11.6 Å². The minimum atomic E-state index is -0.721. The summed E-state index contributed by atoms with van der Waals surface area (Å²) in [5.41, 5.74) is 0.119. The van der Waals surface area contributed by atoms with E-state index in [9.17, 15) is 13.6 Å². The van der Waals surface area contributed by atoms with Crippen molar-refractivity contribution in [1.29, 1.82) is 0 Å². The zero-order chi connectivity index (χ0) is 16.9. The van der Waals surface area contributed by atoms with Crippen LogP contribution >= 0.6 is 0 Å². The van der Waals surface area contributed by atoms with Crippen LogP contribution in [0.1, 0.15) is 0 Å². The van der Waals surface area contributed by atoms with Crippen molar-refractivity contribution in [3.05, 3.63) is 48.3 Å². The van der Waals surface area contributed by atoms with Crippen LogP contribution in [0.15, 0.2) is 36.7 Å². The minimum Gasteiger partial charge on any atom is -0.338 e. The van der Waals surface area contributed by atoms with Gasteiger partial charge < -0.3 is 10.2 Å². The number of hydrogen-bond acceptors (Lipinski definition) is 5. The fourth-order valence-electron chi connectivity index (χ4n) is 2.59. The number of nitrogens with one attached hydrogen (secondary N) is 1. The van der Waals surface area contributed by atoms with E-state index >= 15 is 0 Å². The Bertz CT molecular complexity index is 685. The first-order valence-corrected chi connectivity index (χ1v) is 7.60. The first-order chi connectivity index (χ1) is 11.6. The average molecular weight is 333 g/mol. The van der Waals surface area contributed by atoms with Gasteiger partial charge in [0.1, 0.15) is 11.6 Å². The lowest BCUT2D eigenvalue weighted by Crippen LogP contribution is -2.49. The van der Waals surface area contributed by atoms with Crippen molar-refractivity contribution >= 4 is 17.5 Å². The Balaban J connectivity index is 1.50. The van der Waals surface area contributed by atoms with Gasteiger partial charge in [-0.3, -0.25) is 9.69 Å². The molecule has 6 nitrogen and oxygen atoms in total. The highest BCUT2D eigenvalue weighted by molar-refractivity contribution is 5.92. The molecule has 3 rings (SSSR count). The van der Waals surface area contributed by atoms with E-state index in [0.717, 1.165) is 18.2 Å². The summed E-state index contributed by atoms with van der Waals surface area (Å²) in [6, 6.07) is 4.71. The molecule has 1 aliphatic heterocycles. The molecule has 0 aliphatic carbocycles. The Morgan fingerprint density at radius 3 is 2.29 bits per heavy atom. The molecule has 1 aromatic heterocycles. The third-order valence-electron chi connectivity index (χ3n) is 3.72. The Morgan fingerprint density at radius 1 is 1.04 bits per heavy atom. The molecule has 126 valence electrons. The van der Waals surface area contributed by atoms with Crippen molar-refractivity contribution in [3.8, 4) is 0 Å². The van der Waals surface area contributed by atoms with Crippen molar-refractivity contribution in [2.75, 3.05) is 42.9 Å². The second kappa shape index (κ2) is 7.31. The zero-order valence-electron chi connectivity index (χ0n) is 13.0. The average Bonchev–Trinajstić information content (AvgIpc) is 2.55. The summed E-state index contributed by atoms with van der Waals surface area (Å²) in [7, 11) is 0. The maximum Gasteiger partial charge on any atom is 0.238 e. The summed E-state index contributed by atoms with van der Waals surface area (Å²) in [6.45, 7) is 2.96. The van der Waals surface area contributed by atoms with Crippen LogP contribution in [-0.4, -0.2) is 53.5 Å². The Labute approximate surface area is 138 Å². The van der Waals surface area contributed by atoms with Crippen LogP contribution in [0.3, 0.4) is 0 Å². The topological polar surface area (TPSA) is 61.4 Å². The van der Waals surface area contributed by atoms with Gasteiger partial charge in [-0.25, -0.2) is 18.7 Å². The molecule has 24 heavy (non-hydrogen) atoms. The monoisotopic (exact) mass is 333 g/mol. The normalized spacial score (nSPS) is 15.3. The molecular formula is C16H17F2N5O. The number of rotatable bonds is 4. The molecule has 1 fully saturated rings. The van der Waals surface area contributed by atoms with Gasteiger partial charge in [0.2, 0.25) is 11.9 Å². The number of halogens is 2. The third-order valence-corrected chi connectivity index (χ3v) is 3.72. The maximum absolute atomic E-state index is 13.1. The van der Waals surface area contributed by atoms with Crippen LogP contribution in [0.5, 0.6) is 0 Å². The van der Waals surface area contributed by atoms with Gasteiger partial charge in [-0.1, -0.05) is 0 Å². The number of aromatic nitrogens is 2. The van der Waals surface area contributed by atoms with Gasteiger partial charge in [0, 0.05) is 50.3 Å². The number of piperazine rings is 1. The van der Waals surface area contributed by atoms with Crippen molar-refractivity contribution < 1.29 is 13.6 Å². The van der Waals surface area contributed by atoms with Gasteiger partial charge in [0.25, 0.3) is 0 Å². The smallest absolute Gasteiger partial charge is 0.238 e. The van der Waals surface area contributed by atoms with E-state index in [1.54, 1.807) is 18.5 Å². The molecule has 1 N–H and O–H groups in total. The number of carbonyl (C=O) groups is 1. The fraction of sp³-hybridized carbons (Fsp3) is 0.312. The predicted molar refractivity (Wildman–Crippen MR) is 85.7 cm³/mol. The van der Waals surface area contributed by atoms with Gasteiger partial charge >= 0.3 is 0 Å². The summed E-state index contributed by atoms with van der Waals surface area (Å²) in [5, 5.41) is 2.51. The molecule has 0 saturated carbocycles. The van der Waals surface area contributed by atoms with Gasteiger partial charge in [0.15, 0.2) is 0 Å². The SMILES string of the molecule is O=C(CN1CCN(c2ncccn2)CC1)Nc1cc(F)cc(F)c1. The highest BCUT2D eigenvalue weighted by atomic mass is 19.1. The van der Waals surface area contributed by atoms with Gasteiger partial charge in [0.05, 0.1) is 6.54 Å². The molecule has 0 unspecified atom stereocenters. The van der Waals surface area contributed by atoms with Crippen LogP contribution in [0.4, 0.5) is 20.4 Å². The lowest BCUT2D eigenvalue weighted by Gasteiger charge is -2.34. The van der Waals surface area contributed by atoms with Gasteiger partial charge in [-0.15, -0.1) is 0 Å². The van der Waals surface area contributed by atoms with Gasteiger partial charge in [-0.2, -0.15) is 0 Å². The van der Waals surface area contributed by atoms with Crippen LogP contribution < -0.4 is 10.2 Å². The molecule has 1 saturated heterocycles. The first kappa shape index (κ1) is 16.3. The van der Waals surface area contributed by atoms with Crippen molar-refractivity contribution in [3.63, 3.8) is 0 Å². The molecule has 0 spiro atoms. The quantitative estimate of drug-likeness (QED) is 0.919. The fourth-order valence-corrected chi connectivity index (χ4v) is 2.59. The largest absolute Gasteiger partial charge is 0.338 e. The molecule has 0 bridgehead atoms. The first-order valence-electron chi connectivity index (χ1n) is 7.60. The highest BCUT2D eigenvalue weighted by Gasteiger charge is 2.20. The van der Waals surface area contributed by atoms with Crippen molar-refractivity contribution in [2.24, 2.45) is 0 Å². The molecule has 0 atom stereocenters. The van der Waals surface area contributed by atoms with Crippen molar-refractivity contribution in [1.82, 2.24) is 14.9 Å². The molecule has 2 aromatic rings. The lowest BCUT2D eigenvalue weighted by atomic mass is 10.3. The molecule has 0 radical (unpaired) electrons. The Morgan fingerprint density at radius 2 is 1.67 bits per heavy atom. The predicted octanol–water partition coefficient (Wildman–Crippen LogP) is 1.52. The highest BCUT2D eigenvalue weighted by Crippen LogP contribution is 2.13. The molecule has 1 aliphatic rings. The number of carbonyl (C=O) groups excluding carboxylic acids is 1. The number of amides is 1. The number of nitrogens with zero attached hydrogens (tertiary/aromatic N) is 4. The molecule has 1 amide bonds. The maximum atomic E-state index is 13.1. The Hall–Kier alpha value is -2.61. The molecule has 1 aromatic carbocycles. The van der Waals surface area contributed by atoms with Crippen LogP contribution in [-0.2, 0) is 4.79 Å². The van der Waals surface area contributed by atoms with Gasteiger partial charge in [-0.05, 0) is 18.2 Å². The third kappa shape index (κ3) is 4.23. The molecule has 8 heteroatoms.